The van der Waals surface area contributed by atoms with Crippen LogP contribution in [0, 0.1) is 0 Å². The van der Waals surface area contributed by atoms with Crippen molar-refractivity contribution < 1.29 is 19.0 Å². The highest BCUT2D eigenvalue weighted by molar-refractivity contribution is 5.91. The number of benzene rings is 4. The molecular formula is C34H34N4O5. The average molecular weight is 579 g/mol. The molecule has 9 nitrogen and oxygen atoms in total. The molecule has 1 heterocycles. The highest BCUT2D eigenvalue weighted by Gasteiger charge is 2.29. The van der Waals surface area contributed by atoms with E-state index in [-0.39, 0.29) is 12.1 Å². The van der Waals surface area contributed by atoms with Gasteiger partial charge < -0.3 is 24.4 Å². The molecular weight excluding hydrogens is 544 g/mol. The first-order valence-corrected chi connectivity index (χ1v) is 14.0. The number of methoxy groups -OCH3 is 2. The molecule has 0 spiro atoms. The summed E-state index contributed by atoms with van der Waals surface area (Å²) < 4.78 is 18.3. The fourth-order valence-corrected chi connectivity index (χ4v) is 4.98. The minimum absolute atomic E-state index is 0.252. The minimum Gasteiger partial charge on any atom is -0.497 e. The predicted octanol–water partition coefficient (Wildman–Crippen LogP) is 6.60. The van der Waals surface area contributed by atoms with Gasteiger partial charge in [0.05, 0.1) is 49.1 Å². The van der Waals surface area contributed by atoms with Gasteiger partial charge in [0, 0.05) is 12.6 Å². The van der Waals surface area contributed by atoms with Gasteiger partial charge in [-0.15, -0.1) is 0 Å². The SMILES string of the molecule is CCOc1ccccc1-n1c(C(C)N(Cc2ccccc2)C(=O)Nc2ccc(OC)cc2OC)nc2ccccc2c1=O. The lowest BCUT2D eigenvalue weighted by molar-refractivity contribution is 0.185. The standard InChI is InChI=1S/C34H34N4O5/c1-5-43-30-18-12-11-17-29(30)38-32(35-27-16-10-9-15-26(27)33(38)39)23(2)37(22-24-13-7-6-8-14-24)34(40)36-28-20-19-25(41-3)21-31(28)42-4/h6-21,23H,5,22H2,1-4H3,(H,36,40). The smallest absolute Gasteiger partial charge is 0.322 e. The number of rotatable bonds is 10. The zero-order valence-corrected chi connectivity index (χ0v) is 24.6. The Morgan fingerprint density at radius 3 is 2.37 bits per heavy atom. The lowest BCUT2D eigenvalue weighted by Gasteiger charge is -2.31. The van der Waals surface area contributed by atoms with Gasteiger partial charge in [0.25, 0.3) is 5.56 Å². The first-order valence-electron chi connectivity index (χ1n) is 14.0. The summed E-state index contributed by atoms with van der Waals surface area (Å²) in [5, 5.41) is 3.46. The Bertz CT molecular complexity index is 1790. The van der Waals surface area contributed by atoms with Gasteiger partial charge in [0.2, 0.25) is 0 Å². The van der Waals surface area contributed by atoms with E-state index in [1.807, 2.05) is 80.6 Å². The first-order chi connectivity index (χ1) is 20.9. The summed E-state index contributed by atoms with van der Waals surface area (Å²) in [6.07, 6.45) is 0. The fraction of sp³-hybridized carbons (Fsp3) is 0.206. The number of ether oxygens (including phenoxy) is 3. The number of urea groups is 1. The van der Waals surface area contributed by atoms with E-state index in [2.05, 4.69) is 5.32 Å². The van der Waals surface area contributed by atoms with Crippen LogP contribution in [0.25, 0.3) is 16.6 Å². The predicted molar refractivity (Wildman–Crippen MR) is 167 cm³/mol. The van der Waals surface area contributed by atoms with Gasteiger partial charge in [-0.2, -0.15) is 0 Å². The summed E-state index contributed by atoms with van der Waals surface area (Å²) in [5.74, 6) is 1.98. The quantitative estimate of drug-likeness (QED) is 0.201. The summed E-state index contributed by atoms with van der Waals surface area (Å²) >= 11 is 0. The van der Waals surface area contributed by atoms with Crippen molar-refractivity contribution in [2.75, 3.05) is 26.1 Å². The van der Waals surface area contributed by atoms with Crippen LogP contribution in [0.3, 0.4) is 0 Å². The summed E-state index contributed by atoms with van der Waals surface area (Å²) in [7, 11) is 3.10. The molecule has 1 atom stereocenters. The summed E-state index contributed by atoms with van der Waals surface area (Å²) in [4.78, 5) is 34.8. The molecule has 220 valence electrons. The molecule has 0 aliphatic carbocycles. The number of carbonyl (C=O) groups excluding carboxylic acids is 1. The molecule has 0 fully saturated rings. The highest BCUT2D eigenvalue weighted by Crippen LogP contribution is 2.32. The van der Waals surface area contributed by atoms with Gasteiger partial charge >= 0.3 is 6.03 Å². The van der Waals surface area contributed by atoms with Gasteiger partial charge in [-0.25, -0.2) is 9.78 Å². The summed E-state index contributed by atoms with van der Waals surface area (Å²) in [6.45, 7) is 4.43. The van der Waals surface area contributed by atoms with Crippen molar-refractivity contribution in [3.63, 3.8) is 0 Å². The largest absolute Gasteiger partial charge is 0.497 e. The van der Waals surface area contributed by atoms with E-state index in [1.165, 1.54) is 7.11 Å². The highest BCUT2D eigenvalue weighted by atomic mass is 16.5. The Morgan fingerprint density at radius 2 is 1.63 bits per heavy atom. The van der Waals surface area contributed by atoms with Crippen LogP contribution in [-0.4, -0.2) is 41.3 Å². The molecule has 1 unspecified atom stereocenters. The Hall–Kier alpha value is -5.31. The molecule has 2 amide bonds. The van der Waals surface area contributed by atoms with Crippen molar-refractivity contribution in [1.29, 1.82) is 0 Å². The van der Waals surface area contributed by atoms with Crippen molar-refractivity contribution >= 4 is 22.6 Å². The van der Waals surface area contributed by atoms with Crippen molar-refractivity contribution in [3.05, 3.63) is 119 Å². The second kappa shape index (κ2) is 13.1. The first kappa shape index (κ1) is 29.2. The molecule has 5 rings (SSSR count). The van der Waals surface area contributed by atoms with E-state index in [0.29, 0.717) is 52.0 Å². The number of nitrogens with one attached hydrogen (secondary N) is 1. The Balaban J connectivity index is 1.66. The molecule has 43 heavy (non-hydrogen) atoms. The number of hydrogen-bond acceptors (Lipinski definition) is 6. The van der Waals surface area contributed by atoms with Gasteiger partial charge in [-0.05, 0) is 55.8 Å². The number of para-hydroxylation sites is 3. The molecule has 0 saturated carbocycles. The van der Waals surface area contributed by atoms with Gasteiger partial charge in [-0.3, -0.25) is 9.36 Å². The van der Waals surface area contributed by atoms with Gasteiger partial charge in [0.15, 0.2) is 0 Å². The Labute approximate surface area is 250 Å². The molecule has 1 aromatic heterocycles. The van der Waals surface area contributed by atoms with E-state index in [0.717, 1.165) is 5.56 Å². The van der Waals surface area contributed by atoms with E-state index >= 15 is 0 Å². The molecule has 0 aliphatic rings. The topological polar surface area (TPSA) is 94.9 Å². The van der Waals surface area contributed by atoms with Crippen molar-refractivity contribution in [2.45, 2.75) is 26.4 Å². The van der Waals surface area contributed by atoms with E-state index < -0.39 is 12.1 Å². The van der Waals surface area contributed by atoms with E-state index in [1.54, 1.807) is 46.9 Å². The van der Waals surface area contributed by atoms with Crippen molar-refractivity contribution in [3.8, 4) is 22.9 Å². The van der Waals surface area contributed by atoms with Crippen LogP contribution in [0.4, 0.5) is 10.5 Å². The van der Waals surface area contributed by atoms with Crippen molar-refractivity contribution in [2.24, 2.45) is 0 Å². The van der Waals surface area contributed by atoms with Crippen LogP contribution in [0.5, 0.6) is 17.2 Å². The van der Waals surface area contributed by atoms with Gasteiger partial charge in [0.1, 0.15) is 23.1 Å². The maximum absolute atomic E-state index is 14.1. The fourth-order valence-electron chi connectivity index (χ4n) is 4.98. The number of aromatic nitrogens is 2. The summed E-state index contributed by atoms with van der Waals surface area (Å²) in [6, 6.07) is 28.3. The number of anilines is 1. The lowest BCUT2D eigenvalue weighted by atomic mass is 10.1. The zero-order chi connectivity index (χ0) is 30.3. The molecule has 0 aliphatic heterocycles. The van der Waals surface area contributed by atoms with Crippen LogP contribution < -0.4 is 25.1 Å². The van der Waals surface area contributed by atoms with Crippen LogP contribution in [0.1, 0.15) is 31.3 Å². The van der Waals surface area contributed by atoms with Crippen LogP contribution in [-0.2, 0) is 6.54 Å². The Kier molecular flexibility index (Phi) is 8.90. The van der Waals surface area contributed by atoms with Gasteiger partial charge in [-0.1, -0.05) is 54.6 Å². The molecule has 9 heteroatoms. The third-order valence-corrected chi connectivity index (χ3v) is 7.16. The maximum Gasteiger partial charge on any atom is 0.322 e. The van der Waals surface area contributed by atoms with Crippen LogP contribution in [0.2, 0.25) is 0 Å². The molecule has 0 saturated heterocycles. The van der Waals surface area contributed by atoms with Crippen LogP contribution >= 0.6 is 0 Å². The number of nitrogens with zero attached hydrogens (tertiary/aromatic N) is 3. The zero-order valence-electron chi connectivity index (χ0n) is 24.6. The third-order valence-electron chi connectivity index (χ3n) is 7.16. The average Bonchev–Trinajstić information content (AvgIpc) is 3.04. The second-order valence-electron chi connectivity index (χ2n) is 9.81. The monoisotopic (exact) mass is 578 g/mol. The Morgan fingerprint density at radius 1 is 0.907 bits per heavy atom. The molecule has 0 radical (unpaired) electrons. The molecule has 1 N–H and O–H groups in total. The number of amides is 2. The number of fused-ring (bicyclic) bond motifs is 1. The van der Waals surface area contributed by atoms with Crippen LogP contribution in [0.15, 0.2) is 102 Å². The molecule has 4 aromatic carbocycles. The number of carbonyl (C=O) groups is 1. The normalized spacial score (nSPS) is 11.5. The molecule has 5 aromatic rings. The third kappa shape index (κ3) is 6.16. The maximum atomic E-state index is 14.1. The summed E-state index contributed by atoms with van der Waals surface area (Å²) in [5.41, 5.74) is 2.22. The van der Waals surface area contributed by atoms with E-state index in [4.69, 9.17) is 19.2 Å². The second-order valence-corrected chi connectivity index (χ2v) is 9.81. The minimum atomic E-state index is -0.656. The van der Waals surface area contributed by atoms with Crippen molar-refractivity contribution in [1.82, 2.24) is 14.5 Å². The number of hydrogen-bond donors (Lipinski definition) is 1. The molecule has 0 bridgehead atoms. The van der Waals surface area contributed by atoms with E-state index in [9.17, 15) is 9.59 Å². The lowest BCUT2D eigenvalue weighted by Crippen LogP contribution is -2.39.